The van der Waals surface area contributed by atoms with Crippen LogP contribution in [0.4, 0.5) is 0 Å². The van der Waals surface area contributed by atoms with E-state index in [1.165, 1.54) is 16.7 Å². The summed E-state index contributed by atoms with van der Waals surface area (Å²) in [6.45, 7) is 7.08. The second kappa shape index (κ2) is 11.5. The molecule has 2 aromatic rings. The summed E-state index contributed by atoms with van der Waals surface area (Å²) in [6, 6.07) is 8.51. The molecule has 2 fully saturated rings. The number of hydrogen-bond acceptors (Lipinski definition) is 6. The maximum atomic E-state index is 13.7. The van der Waals surface area contributed by atoms with Gasteiger partial charge in [0.05, 0.1) is 12.6 Å². The molecular formula is C28H34N4O5S. The fraction of sp³-hybridized carbons (Fsp3) is 0.464. The molecule has 0 radical (unpaired) electrons. The lowest BCUT2D eigenvalue weighted by Crippen LogP contribution is -2.53. The van der Waals surface area contributed by atoms with Crippen LogP contribution in [-0.4, -0.2) is 76.5 Å². The lowest BCUT2D eigenvalue weighted by atomic mass is 10.0. The van der Waals surface area contributed by atoms with Gasteiger partial charge in [-0.1, -0.05) is 32.0 Å². The molecule has 4 rings (SSSR count). The molecule has 3 heterocycles. The van der Waals surface area contributed by atoms with E-state index in [9.17, 15) is 24.0 Å². The van der Waals surface area contributed by atoms with Gasteiger partial charge in [0.2, 0.25) is 17.7 Å². The van der Waals surface area contributed by atoms with Gasteiger partial charge in [-0.3, -0.25) is 24.0 Å². The Morgan fingerprint density at radius 2 is 1.71 bits per heavy atom. The molecule has 0 bridgehead atoms. The molecule has 10 heteroatoms. The van der Waals surface area contributed by atoms with Crippen molar-refractivity contribution in [2.45, 2.75) is 64.7 Å². The molecule has 0 aliphatic carbocycles. The second-order valence-electron chi connectivity index (χ2n) is 10.4. The molecule has 0 spiro atoms. The van der Waals surface area contributed by atoms with Crippen molar-refractivity contribution in [1.29, 1.82) is 0 Å². The van der Waals surface area contributed by atoms with Gasteiger partial charge in [-0.05, 0) is 54.8 Å². The van der Waals surface area contributed by atoms with Crippen LogP contribution in [0.15, 0.2) is 41.8 Å². The number of hydrogen-bond donors (Lipinski definition) is 2. The molecule has 2 N–H and O–H groups in total. The lowest BCUT2D eigenvalue weighted by molar-refractivity contribution is -0.138. The van der Waals surface area contributed by atoms with Crippen LogP contribution in [0.1, 0.15) is 50.9 Å². The summed E-state index contributed by atoms with van der Waals surface area (Å²) in [5.41, 5.74) is 1.47. The first-order chi connectivity index (χ1) is 18.1. The van der Waals surface area contributed by atoms with Gasteiger partial charge in [0, 0.05) is 23.9 Å². The standard InChI is InChI=1S/C28H34N4O5S/c1-16(2)14-21(30-26(35)20-9-7-19(8-10-20)24-6-5-13-38-24)28(37)31-12-11-22-25(31)23(34)15-32(22)27(36)17(3)29-18(4)33/h5-10,13,16-17,21-22,25H,11-12,14-15H2,1-4H3,(H,29,33)(H,30,35). The molecule has 202 valence electrons. The number of likely N-dealkylation sites (tertiary alicyclic amines) is 2. The lowest BCUT2D eigenvalue weighted by Gasteiger charge is -2.29. The number of rotatable bonds is 8. The van der Waals surface area contributed by atoms with Gasteiger partial charge in [-0.25, -0.2) is 0 Å². The quantitative estimate of drug-likeness (QED) is 0.536. The van der Waals surface area contributed by atoms with Crippen molar-refractivity contribution in [2.24, 2.45) is 5.92 Å². The zero-order valence-electron chi connectivity index (χ0n) is 22.1. The summed E-state index contributed by atoms with van der Waals surface area (Å²) in [5.74, 6) is -1.41. The van der Waals surface area contributed by atoms with Gasteiger partial charge < -0.3 is 20.4 Å². The maximum absolute atomic E-state index is 13.7. The van der Waals surface area contributed by atoms with Crippen LogP contribution in [0.3, 0.4) is 0 Å². The molecule has 1 aromatic carbocycles. The summed E-state index contributed by atoms with van der Waals surface area (Å²) in [7, 11) is 0. The van der Waals surface area contributed by atoms with E-state index in [4.69, 9.17) is 0 Å². The predicted molar refractivity (Wildman–Crippen MR) is 144 cm³/mol. The van der Waals surface area contributed by atoms with Crippen molar-refractivity contribution in [3.63, 3.8) is 0 Å². The summed E-state index contributed by atoms with van der Waals surface area (Å²) >= 11 is 1.62. The average Bonchev–Trinajstić information content (AvgIpc) is 3.61. The van der Waals surface area contributed by atoms with Crippen molar-refractivity contribution in [3.05, 3.63) is 47.3 Å². The molecule has 4 unspecified atom stereocenters. The van der Waals surface area contributed by atoms with Crippen LogP contribution in [0.5, 0.6) is 0 Å². The Kier molecular flexibility index (Phi) is 8.30. The van der Waals surface area contributed by atoms with E-state index in [0.717, 1.165) is 10.4 Å². The molecular weight excluding hydrogens is 504 g/mol. The van der Waals surface area contributed by atoms with Gasteiger partial charge in [0.1, 0.15) is 18.1 Å². The van der Waals surface area contributed by atoms with Crippen LogP contribution in [0.2, 0.25) is 0 Å². The van der Waals surface area contributed by atoms with Gasteiger partial charge in [-0.15, -0.1) is 11.3 Å². The van der Waals surface area contributed by atoms with Crippen LogP contribution in [0.25, 0.3) is 10.4 Å². The van der Waals surface area contributed by atoms with E-state index in [2.05, 4.69) is 10.6 Å². The Morgan fingerprint density at radius 1 is 1.00 bits per heavy atom. The number of amides is 4. The first kappa shape index (κ1) is 27.5. The molecule has 38 heavy (non-hydrogen) atoms. The zero-order valence-corrected chi connectivity index (χ0v) is 22.9. The molecule has 2 aliphatic rings. The summed E-state index contributed by atoms with van der Waals surface area (Å²) in [6.07, 6.45) is 0.884. The van der Waals surface area contributed by atoms with Crippen LogP contribution >= 0.6 is 11.3 Å². The number of thiophene rings is 1. The Bertz CT molecular complexity index is 1210. The van der Waals surface area contributed by atoms with Gasteiger partial charge in [0.25, 0.3) is 5.91 Å². The largest absolute Gasteiger partial charge is 0.345 e. The maximum Gasteiger partial charge on any atom is 0.251 e. The highest BCUT2D eigenvalue weighted by atomic mass is 32.1. The first-order valence-electron chi connectivity index (χ1n) is 12.9. The minimum Gasteiger partial charge on any atom is -0.345 e. The third kappa shape index (κ3) is 5.80. The van der Waals surface area contributed by atoms with Crippen LogP contribution in [0, 0.1) is 5.92 Å². The van der Waals surface area contributed by atoms with E-state index in [1.807, 2.05) is 43.5 Å². The molecule has 4 amide bonds. The number of ketones is 1. The molecule has 2 aliphatic heterocycles. The molecule has 0 saturated carbocycles. The highest BCUT2D eigenvalue weighted by Crippen LogP contribution is 2.31. The van der Waals surface area contributed by atoms with Crippen LogP contribution in [-0.2, 0) is 19.2 Å². The SMILES string of the molecule is CC(=O)NC(C)C(=O)N1CC(=O)C2C1CCN2C(=O)C(CC(C)C)NC(=O)c1ccc(-c2cccs2)cc1. The number of Topliss-reactive ketones (excluding diaryl/α,β-unsaturated/α-hetero) is 1. The van der Waals surface area contributed by atoms with E-state index < -0.39 is 24.2 Å². The molecule has 9 nitrogen and oxygen atoms in total. The summed E-state index contributed by atoms with van der Waals surface area (Å²) in [5, 5.41) is 7.46. The Labute approximate surface area is 226 Å². The highest BCUT2D eigenvalue weighted by Gasteiger charge is 2.52. The van der Waals surface area contributed by atoms with Crippen molar-refractivity contribution < 1.29 is 24.0 Å². The number of carbonyl (C=O) groups excluding carboxylic acids is 5. The van der Waals surface area contributed by atoms with E-state index in [-0.39, 0.29) is 41.9 Å². The molecule has 2 saturated heterocycles. The van der Waals surface area contributed by atoms with Crippen molar-refractivity contribution in [2.75, 3.05) is 13.1 Å². The first-order valence-corrected chi connectivity index (χ1v) is 13.8. The molecule has 4 atom stereocenters. The van der Waals surface area contributed by atoms with Crippen molar-refractivity contribution >= 4 is 40.7 Å². The minimum atomic E-state index is -0.797. The Morgan fingerprint density at radius 3 is 2.32 bits per heavy atom. The normalized spacial score (nSPS) is 20.3. The number of carbonyl (C=O) groups is 5. The highest BCUT2D eigenvalue weighted by molar-refractivity contribution is 7.13. The number of benzene rings is 1. The van der Waals surface area contributed by atoms with Crippen molar-refractivity contribution in [3.8, 4) is 10.4 Å². The number of fused-ring (bicyclic) bond motifs is 1. The number of nitrogens with zero attached hydrogens (tertiary/aromatic N) is 2. The third-order valence-electron chi connectivity index (χ3n) is 7.04. The van der Waals surface area contributed by atoms with Gasteiger partial charge in [-0.2, -0.15) is 0 Å². The van der Waals surface area contributed by atoms with E-state index >= 15 is 0 Å². The predicted octanol–water partition coefficient (Wildman–Crippen LogP) is 2.47. The van der Waals surface area contributed by atoms with E-state index in [0.29, 0.717) is 24.9 Å². The fourth-order valence-corrected chi connectivity index (χ4v) is 6.07. The monoisotopic (exact) mass is 538 g/mol. The topological polar surface area (TPSA) is 116 Å². The Hall–Kier alpha value is -3.53. The van der Waals surface area contributed by atoms with E-state index in [1.54, 1.807) is 30.4 Å². The smallest absolute Gasteiger partial charge is 0.251 e. The average molecular weight is 539 g/mol. The summed E-state index contributed by atoms with van der Waals surface area (Å²) in [4.78, 5) is 68.2. The van der Waals surface area contributed by atoms with Crippen LogP contribution < -0.4 is 10.6 Å². The second-order valence-corrected chi connectivity index (χ2v) is 11.3. The van der Waals surface area contributed by atoms with Gasteiger partial charge >= 0.3 is 0 Å². The van der Waals surface area contributed by atoms with Gasteiger partial charge in [0.15, 0.2) is 5.78 Å². The number of nitrogens with one attached hydrogen (secondary N) is 2. The molecule has 1 aromatic heterocycles. The zero-order chi connectivity index (χ0) is 27.6. The fourth-order valence-electron chi connectivity index (χ4n) is 5.34. The summed E-state index contributed by atoms with van der Waals surface area (Å²) < 4.78 is 0. The minimum absolute atomic E-state index is 0.0976. The Balaban J connectivity index is 1.47. The van der Waals surface area contributed by atoms with Crippen molar-refractivity contribution in [1.82, 2.24) is 20.4 Å². The third-order valence-corrected chi connectivity index (χ3v) is 7.96.